The van der Waals surface area contributed by atoms with Crippen molar-refractivity contribution in [2.75, 3.05) is 18.4 Å². The second-order valence-electron chi connectivity index (χ2n) is 4.60. The van der Waals surface area contributed by atoms with Crippen molar-refractivity contribution in [3.63, 3.8) is 0 Å². The zero-order valence-electron chi connectivity index (χ0n) is 9.98. The predicted octanol–water partition coefficient (Wildman–Crippen LogP) is 2.23. The molecule has 5 heteroatoms. The topological polar surface area (TPSA) is 54.0 Å². The van der Waals surface area contributed by atoms with Gasteiger partial charge in [0.05, 0.1) is 10.2 Å². The van der Waals surface area contributed by atoms with Gasteiger partial charge in [0.2, 0.25) is 5.91 Å². The fourth-order valence-electron chi connectivity index (χ4n) is 2.25. The first-order chi connectivity index (χ1) is 8.81. The number of hydrogen-bond donors (Lipinski definition) is 2. The van der Waals surface area contributed by atoms with Gasteiger partial charge in [0, 0.05) is 6.42 Å². The highest BCUT2D eigenvalue weighted by atomic mass is 32.1. The van der Waals surface area contributed by atoms with Gasteiger partial charge < -0.3 is 10.6 Å². The minimum atomic E-state index is 0.0720. The quantitative estimate of drug-likeness (QED) is 0.891. The molecule has 18 heavy (non-hydrogen) atoms. The van der Waals surface area contributed by atoms with Crippen LogP contribution in [-0.2, 0) is 4.79 Å². The third-order valence-corrected chi connectivity index (χ3v) is 4.13. The molecular formula is C13H15N3OS. The normalized spacial score (nSPS) is 19.2. The molecule has 0 aliphatic carbocycles. The number of benzene rings is 1. The Bertz CT molecular complexity index is 527. The molecule has 1 unspecified atom stereocenters. The van der Waals surface area contributed by atoms with Crippen molar-refractivity contribution in [2.24, 2.45) is 5.92 Å². The smallest absolute Gasteiger partial charge is 0.226 e. The van der Waals surface area contributed by atoms with Gasteiger partial charge in [0.1, 0.15) is 0 Å². The largest absolute Gasteiger partial charge is 0.316 e. The van der Waals surface area contributed by atoms with Gasteiger partial charge in [-0.15, -0.1) is 0 Å². The number of carbonyl (C=O) groups excluding carboxylic acids is 1. The summed E-state index contributed by atoms with van der Waals surface area (Å²) in [6, 6.07) is 7.92. The first kappa shape index (κ1) is 11.6. The van der Waals surface area contributed by atoms with E-state index in [4.69, 9.17) is 0 Å². The van der Waals surface area contributed by atoms with Crippen LogP contribution in [0, 0.1) is 5.92 Å². The molecular weight excluding hydrogens is 246 g/mol. The summed E-state index contributed by atoms with van der Waals surface area (Å²) >= 11 is 1.52. The number of anilines is 1. The predicted molar refractivity (Wildman–Crippen MR) is 73.8 cm³/mol. The van der Waals surface area contributed by atoms with E-state index in [2.05, 4.69) is 15.6 Å². The molecule has 1 atom stereocenters. The molecule has 3 rings (SSSR count). The lowest BCUT2D eigenvalue weighted by Gasteiger charge is -2.06. The molecule has 94 valence electrons. The van der Waals surface area contributed by atoms with E-state index in [1.54, 1.807) is 0 Å². The first-order valence-electron chi connectivity index (χ1n) is 6.17. The summed E-state index contributed by atoms with van der Waals surface area (Å²) in [6.45, 7) is 1.98. The summed E-state index contributed by atoms with van der Waals surface area (Å²) < 4.78 is 1.11. The lowest BCUT2D eigenvalue weighted by molar-refractivity contribution is -0.116. The highest BCUT2D eigenvalue weighted by Crippen LogP contribution is 2.25. The molecule has 1 amide bonds. The summed E-state index contributed by atoms with van der Waals surface area (Å²) in [7, 11) is 0. The second-order valence-corrected chi connectivity index (χ2v) is 5.63. The number of hydrogen-bond acceptors (Lipinski definition) is 4. The maximum atomic E-state index is 11.9. The number of thiazole rings is 1. The van der Waals surface area contributed by atoms with Gasteiger partial charge in [-0.1, -0.05) is 23.5 Å². The summed E-state index contributed by atoms with van der Waals surface area (Å²) in [5.74, 6) is 0.544. The van der Waals surface area contributed by atoms with Crippen LogP contribution >= 0.6 is 11.3 Å². The van der Waals surface area contributed by atoms with Crippen LogP contribution in [0.2, 0.25) is 0 Å². The van der Waals surface area contributed by atoms with Crippen LogP contribution in [0.3, 0.4) is 0 Å². The molecule has 1 fully saturated rings. The number of rotatable bonds is 3. The number of aromatic nitrogens is 1. The Morgan fingerprint density at radius 2 is 2.39 bits per heavy atom. The summed E-state index contributed by atoms with van der Waals surface area (Å²) in [5, 5.41) is 6.87. The van der Waals surface area contributed by atoms with Crippen LogP contribution in [0.5, 0.6) is 0 Å². The SMILES string of the molecule is O=C(CC1CCNC1)Nc1nc2ccccc2s1. The number of amides is 1. The number of para-hydroxylation sites is 1. The summed E-state index contributed by atoms with van der Waals surface area (Å²) in [6.07, 6.45) is 1.68. The van der Waals surface area contributed by atoms with Crippen molar-refractivity contribution in [1.29, 1.82) is 0 Å². The Morgan fingerprint density at radius 1 is 1.50 bits per heavy atom. The van der Waals surface area contributed by atoms with Gasteiger partial charge in [-0.3, -0.25) is 4.79 Å². The van der Waals surface area contributed by atoms with Crippen LogP contribution < -0.4 is 10.6 Å². The molecule has 0 bridgehead atoms. The van der Waals surface area contributed by atoms with E-state index in [1.165, 1.54) is 11.3 Å². The third-order valence-electron chi connectivity index (χ3n) is 3.18. The van der Waals surface area contributed by atoms with Crippen molar-refractivity contribution in [1.82, 2.24) is 10.3 Å². The van der Waals surface area contributed by atoms with E-state index >= 15 is 0 Å². The Hall–Kier alpha value is -1.46. The monoisotopic (exact) mass is 261 g/mol. The Balaban J connectivity index is 1.66. The number of nitrogens with one attached hydrogen (secondary N) is 2. The van der Waals surface area contributed by atoms with Crippen molar-refractivity contribution in [3.05, 3.63) is 24.3 Å². The van der Waals surface area contributed by atoms with E-state index in [9.17, 15) is 4.79 Å². The lowest BCUT2D eigenvalue weighted by atomic mass is 10.1. The Morgan fingerprint density at radius 3 is 3.17 bits per heavy atom. The molecule has 4 nitrogen and oxygen atoms in total. The molecule has 0 saturated carbocycles. The molecule has 0 radical (unpaired) electrons. The third kappa shape index (κ3) is 2.52. The molecule has 1 aliphatic rings. The minimum absolute atomic E-state index is 0.0720. The Kier molecular flexibility index (Phi) is 3.25. The standard InChI is InChI=1S/C13H15N3OS/c17-12(7-9-5-6-14-8-9)16-13-15-10-3-1-2-4-11(10)18-13/h1-4,9,14H,5-8H2,(H,15,16,17). The average Bonchev–Trinajstić information content (AvgIpc) is 2.96. The average molecular weight is 261 g/mol. The zero-order chi connectivity index (χ0) is 12.4. The van der Waals surface area contributed by atoms with E-state index in [1.807, 2.05) is 24.3 Å². The molecule has 1 aliphatic heterocycles. The van der Waals surface area contributed by atoms with Gasteiger partial charge in [-0.05, 0) is 37.6 Å². The molecule has 2 N–H and O–H groups in total. The van der Waals surface area contributed by atoms with Gasteiger partial charge >= 0.3 is 0 Å². The van der Waals surface area contributed by atoms with E-state index in [-0.39, 0.29) is 5.91 Å². The fraction of sp³-hybridized carbons (Fsp3) is 0.385. The molecule has 2 aromatic rings. The molecule has 2 heterocycles. The molecule has 1 saturated heterocycles. The molecule has 1 aromatic heterocycles. The Labute approximate surface area is 109 Å². The second kappa shape index (κ2) is 5.04. The molecule has 1 aromatic carbocycles. The fourth-order valence-corrected chi connectivity index (χ4v) is 3.13. The first-order valence-corrected chi connectivity index (χ1v) is 6.99. The number of carbonyl (C=O) groups is 1. The van der Waals surface area contributed by atoms with Gasteiger partial charge in [-0.25, -0.2) is 4.98 Å². The van der Waals surface area contributed by atoms with Gasteiger partial charge in [-0.2, -0.15) is 0 Å². The summed E-state index contributed by atoms with van der Waals surface area (Å²) in [5.41, 5.74) is 0.945. The van der Waals surface area contributed by atoms with E-state index in [0.717, 1.165) is 29.7 Å². The minimum Gasteiger partial charge on any atom is -0.316 e. The van der Waals surface area contributed by atoms with Crippen molar-refractivity contribution < 1.29 is 4.79 Å². The summed E-state index contributed by atoms with van der Waals surface area (Å²) in [4.78, 5) is 16.3. The lowest BCUT2D eigenvalue weighted by Crippen LogP contribution is -2.18. The van der Waals surface area contributed by atoms with Crippen LogP contribution in [0.1, 0.15) is 12.8 Å². The van der Waals surface area contributed by atoms with E-state index < -0.39 is 0 Å². The highest BCUT2D eigenvalue weighted by Gasteiger charge is 2.18. The zero-order valence-corrected chi connectivity index (χ0v) is 10.8. The molecule has 0 spiro atoms. The van der Waals surface area contributed by atoms with Crippen LogP contribution in [0.4, 0.5) is 5.13 Å². The van der Waals surface area contributed by atoms with Gasteiger partial charge in [0.25, 0.3) is 0 Å². The van der Waals surface area contributed by atoms with Crippen LogP contribution in [0.25, 0.3) is 10.2 Å². The van der Waals surface area contributed by atoms with Crippen molar-refractivity contribution in [3.8, 4) is 0 Å². The van der Waals surface area contributed by atoms with E-state index in [0.29, 0.717) is 17.5 Å². The van der Waals surface area contributed by atoms with Crippen LogP contribution in [-0.4, -0.2) is 24.0 Å². The van der Waals surface area contributed by atoms with Crippen molar-refractivity contribution in [2.45, 2.75) is 12.8 Å². The van der Waals surface area contributed by atoms with Gasteiger partial charge in [0.15, 0.2) is 5.13 Å². The maximum absolute atomic E-state index is 11.9. The number of nitrogens with zero attached hydrogens (tertiary/aromatic N) is 1. The maximum Gasteiger partial charge on any atom is 0.226 e. The van der Waals surface area contributed by atoms with Crippen molar-refractivity contribution >= 4 is 32.6 Å². The van der Waals surface area contributed by atoms with Crippen LogP contribution in [0.15, 0.2) is 24.3 Å². The highest BCUT2D eigenvalue weighted by molar-refractivity contribution is 7.22. The number of fused-ring (bicyclic) bond motifs is 1.